The lowest BCUT2D eigenvalue weighted by Gasteiger charge is -2.00. The Bertz CT molecular complexity index is 417. The zero-order valence-electron chi connectivity index (χ0n) is 13.1. The Kier molecular flexibility index (Phi) is 13.3. The topological polar surface area (TPSA) is 34.9 Å². The van der Waals surface area contributed by atoms with Crippen molar-refractivity contribution in [3.63, 3.8) is 0 Å². The quantitative estimate of drug-likeness (QED) is 0.813. The normalized spacial score (nSPS) is 8.47. The molecule has 0 unspecified atom stereocenters. The number of hydrogen-bond donors (Lipinski definition) is 0. The molecular formula is C16H28N2O. The van der Waals surface area contributed by atoms with Crippen LogP contribution >= 0.6 is 0 Å². The highest BCUT2D eigenvalue weighted by Crippen LogP contribution is 2.01. The van der Waals surface area contributed by atoms with Crippen LogP contribution in [0.2, 0.25) is 0 Å². The molecule has 1 rings (SSSR count). The van der Waals surface area contributed by atoms with Crippen molar-refractivity contribution in [3.05, 3.63) is 41.1 Å². The Hall–Kier alpha value is -1.64. The van der Waals surface area contributed by atoms with E-state index in [0.717, 1.165) is 0 Å². The molecule has 0 radical (unpaired) electrons. The van der Waals surface area contributed by atoms with Gasteiger partial charge in [-0.3, -0.25) is 4.79 Å². The van der Waals surface area contributed by atoms with Gasteiger partial charge in [-0.2, -0.15) is 0 Å². The molecule has 0 atom stereocenters. The Labute approximate surface area is 117 Å². The number of hydrogen-bond acceptors (Lipinski definition) is 2. The van der Waals surface area contributed by atoms with Gasteiger partial charge in [0.2, 0.25) is 0 Å². The van der Waals surface area contributed by atoms with Gasteiger partial charge < -0.3 is 4.57 Å². The smallest absolute Gasteiger partial charge is 0.260 e. The van der Waals surface area contributed by atoms with E-state index in [1.807, 2.05) is 13.8 Å². The van der Waals surface area contributed by atoms with Crippen molar-refractivity contribution >= 4 is 12.2 Å². The van der Waals surface area contributed by atoms with E-state index in [2.05, 4.69) is 32.0 Å². The van der Waals surface area contributed by atoms with Crippen LogP contribution in [0.4, 0.5) is 0 Å². The molecule has 0 aliphatic carbocycles. The fourth-order valence-corrected chi connectivity index (χ4v) is 1.28. The average Bonchev–Trinajstić information content (AvgIpc) is 2.45. The van der Waals surface area contributed by atoms with Gasteiger partial charge in [0.1, 0.15) is 0 Å². The molecule has 0 saturated heterocycles. The van der Waals surface area contributed by atoms with Crippen LogP contribution in [-0.4, -0.2) is 9.55 Å². The first-order chi connectivity index (χ1) is 9.12. The molecule has 0 amide bonds. The average molecular weight is 264 g/mol. The third kappa shape index (κ3) is 7.39. The third-order valence-electron chi connectivity index (χ3n) is 2.30. The molecule has 1 heterocycles. The maximum absolute atomic E-state index is 11.4. The minimum atomic E-state index is -0.102. The predicted molar refractivity (Wildman–Crippen MR) is 86.2 cm³/mol. The number of aryl methyl sites for hydroxylation is 1. The van der Waals surface area contributed by atoms with Gasteiger partial charge >= 0.3 is 0 Å². The van der Waals surface area contributed by atoms with Crippen molar-refractivity contribution in [3.8, 4) is 0 Å². The largest absolute Gasteiger partial charge is 0.302 e. The molecule has 19 heavy (non-hydrogen) atoms. The lowest BCUT2D eigenvalue weighted by Crippen LogP contribution is -2.20. The standard InChI is InChI=1S/C9H10N2O.C5H12.C2H6/c1-4-7-8(5-2)10-6-11(3)9(7)12;1-3-5-4-2;1-2/h4-6H,1-2H2,3H3;3-5H2,1-2H3;1-2H3. The monoisotopic (exact) mass is 264 g/mol. The summed E-state index contributed by atoms with van der Waals surface area (Å²) in [6, 6.07) is 0. The van der Waals surface area contributed by atoms with Crippen molar-refractivity contribution in [2.45, 2.75) is 47.0 Å². The molecule has 0 aliphatic heterocycles. The first kappa shape index (κ1) is 19.7. The van der Waals surface area contributed by atoms with E-state index in [-0.39, 0.29) is 5.56 Å². The van der Waals surface area contributed by atoms with Gasteiger partial charge in [-0.1, -0.05) is 66.2 Å². The summed E-state index contributed by atoms with van der Waals surface area (Å²) >= 11 is 0. The van der Waals surface area contributed by atoms with Crippen molar-refractivity contribution in [1.82, 2.24) is 9.55 Å². The minimum absolute atomic E-state index is 0.102. The zero-order chi connectivity index (χ0) is 15.3. The number of unbranched alkanes of at least 4 members (excludes halogenated alkanes) is 2. The second-order valence-electron chi connectivity index (χ2n) is 3.72. The van der Waals surface area contributed by atoms with E-state index in [4.69, 9.17) is 0 Å². The summed E-state index contributed by atoms with van der Waals surface area (Å²) in [6.07, 6.45) is 8.57. The third-order valence-corrected chi connectivity index (χ3v) is 2.30. The number of aromatic nitrogens is 2. The van der Waals surface area contributed by atoms with Gasteiger partial charge in [-0.15, -0.1) is 0 Å². The first-order valence-electron chi connectivity index (χ1n) is 6.92. The highest BCUT2D eigenvalue weighted by Gasteiger charge is 2.02. The summed E-state index contributed by atoms with van der Waals surface area (Å²) in [4.78, 5) is 15.4. The zero-order valence-corrected chi connectivity index (χ0v) is 13.1. The molecule has 0 aliphatic rings. The number of nitrogens with zero attached hydrogens (tertiary/aromatic N) is 2. The lowest BCUT2D eigenvalue weighted by molar-refractivity contribution is 0.772. The van der Waals surface area contributed by atoms with Crippen LogP contribution in [0.25, 0.3) is 12.2 Å². The maximum Gasteiger partial charge on any atom is 0.260 e. The summed E-state index contributed by atoms with van der Waals surface area (Å²) < 4.78 is 1.41. The summed E-state index contributed by atoms with van der Waals surface area (Å²) in [5, 5.41) is 0. The molecule has 0 spiro atoms. The molecule has 0 N–H and O–H groups in total. The fourth-order valence-electron chi connectivity index (χ4n) is 1.28. The number of rotatable bonds is 4. The van der Waals surface area contributed by atoms with E-state index in [1.54, 1.807) is 13.1 Å². The summed E-state index contributed by atoms with van der Waals surface area (Å²) in [5.74, 6) is 0. The van der Waals surface area contributed by atoms with Crippen LogP contribution in [-0.2, 0) is 7.05 Å². The van der Waals surface area contributed by atoms with Crippen LogP contribution in [0.3, 0.4) is 0 Å². The van der Waals surface area contributed by atoms with E-state index in [9.17, 15) is 4.79 Å². The second-order valence-corrected chi connectivity index (χ2v) is 3.72. The molecule has 1 aromatic rings. The summed E-state index contributed by atoms with van der Waals surface area (Å²) in [7, 11) is 1.65. The van der Waals surface area contributed by atoms with Gasteiger partial charge in [-0.05, 0) is 6.08 Å². The summed E-state index contributed by atoms with van der Waals surface area (Å²) in [6.45, 7) is 15.5. The Balaban J connectivity index is 0. The molecule has 1 aromatic heterocycles. The molecule has 108 valence electrons. The Morgan fingerprint density at radius 2 is 1.74 bits per heavy atom. The molecule has 3 nitrogen and oxygen atoms in total. The van der Waals surface area contributed by atoms with Crippen molar-refractivity contribution in [2.75, 3.05) is 0 Å². The van der Waals surface area contributed by atoms with Gasteiger partial charge in [0.05, 0.1) is 17.6 Å². The Morgan fingerprint density at radius 1 is 1.21 bits per heavy atom. The second kappa shape index (κ2) is 12.8. The van der Waals surface area contributed by atoms with Crippen LogP contribution in [0, 0.1) is 0 Å². The molecular weight excluding hydrogens is 236 g/mol. The van der Waals surface area contributed by atoms with Gasteiger partial charge in [0, 0.05) is 7.05 Å². The molecule has 0 aromatic carbocycles. The summed E-state index contributed by atoms with van der Waals surface area (Å²) in [5.41, 5.74) is 0.970. The Morgan fingerprint density at radius 3 is 2.05 bits per heavy atom. The fraction of sp³-hybridized carbons (Fsp3) is 0.500. The molecule has 3 heteroatoms. The van der Waals surface area contributed by atoms with Gasteiger partial charge in [0.25, 0.3) is 5.56 Å². The van der Waals surface area contributed by atoms with Crippen molar-refractivity contribution < 1.29 is 0 Å². The van der Waals surface area contributed by atoms with E-state index in [1.165, 1.54) is 36.2 Å². The van der Waals surface area contributed by atoms with E-state index < -0.39 is 0 Å². The lowest BCUT2D eigenvalue weighted by atomic mass is 10.2. The molecule has 0 saturated carbocycles. The van der Waals surface area contributed by atoms with Gasteiger partial charge in [0.15, 0.2) is 0 Å². The molecule has 0 fully saturated rings. The highest BCUT2D eigenvalue weighted by molar-refractivity contribution is 5.59. The van der Waals surface area contributed by atoms with Crippen molar-refractivity contribution in [1.29, 1.82) is 0 Å². The van der Waals surface area contributed by atoms with Crippen LogP contribution < -0.4 is 5.56 Å². The minimum Gasteiger partial charge on any atom is -0.302 e. The van der Waals surface area contributed by atoms with Crippen LogP contribution in [0.1, 0.15) is 58.2 Å². The molecule has 0 bridgehead atoms. The maximum atomic E-state index is 11.4. The van der Waals surface area contributed by atoms with Crippen molar-refractivity contribution in [2.24, 2.45) is 7.05 Å². The first-order valence-corrected chi connectivity index (χ1v) is 6.92. The van der Waals surface area contributed by atoms with E-state index in [0.29, 0.717) is 11.3 Å². The van der Waals surface area contributed by atoms with Crippen LogP contribution in [0.15, 0.2) is 24.3 Å². The van der Waals surface area contributed by atoms with Crippen LogP contribution in [0.5, 0.6) is 0 Å². The SMILES string of the molecule is C=Cc1ncn(C)c(=O)c1C=C.CC.CCCCC. The van der Waals surface area contributed by atoms with E-state index >= 15 is 0 Å². The predicted octanol–water partition coefficient (Wildman–Crippen LogP) is 4.29. The van der Waals surface area contributed by atoms with Gasteiger partial charge in [-0.25, -0.2) is 4.98 Å². The highest BCUT2D eigenvalue weighted by atomic mass is 16.1.